The monoisotopic (exact) mass is 281 g/mol. The third kappa shape index (κ3) is 2.79. The van der Waals surface area contributed by atoms with Gasteiger partial charge in [-0.05, 0) is 44.2 Å². The van der Waals surface area contributed by atoms with E-state index >= 15 is 0 Å². The van der Waals surface area contributed by atoms with Crippen LogP contribution in [0.2, 0.25) is 5.02 Å². The molecule has 2 aliphatic rings. The van der Waals surface area contributed by atoms with Gasteiger partial charge in [0, 0.05) is 25.3 Å². The fourth-order valence-corrected chi connectivity index (χ4v) is 3.46. The second-order valence-electron chi connectivity index (χ2n) is 5.59. The predicted octanol–water partition coefficient (Wildman–Crippen LogP) is 2.27. The molecule has 0 radical (unpaired) electrons. The Kier molecular flexibility index (Phi) is 3.80. The summed E-state index contributed by atoms with van der Waals surface area (Å²) >= 11 is 5.86. The predicted molar refractivity (Wildman–Crippen MR) is 75.5 cm³/mol. The molecule has 2 saturated heterocycles. The summed E-state index contributed by atoms with van der Waals surface area (Å²) in [6, 6.07) is 2.31. The van der Waals surface area contributed by atoms with Gasteiger partial charge in [0.15, 0.2) is 0 Å². The second-order valence-corrected chi connectivity index (χ2v) is 6.02. The normalized spacial score (nSPS) is 27.7. The lowest BCUT2D eigenvalue weighted by molar-refractivity contribution is 0.0646. The van der Waals surface area contributed by atoms with E-state index in [1.165, 1.54) is 19.3 Å². The third-order valence-corrected chi connectivity index (χ3v) is 4.51. The number of rotatable bonds is 2. The summed E-state index contributed by atoms with van der Waals surface area (Å²) in [4.78, 5) is 17.3. The van der Waals surface area contributed by atoms with E-state index in [0.29, 0.717) is 22.7 Å². The number of carbonyl (C=O) groups is 1. The van der Waals surface area contributed by atoms with E-state index in [4.69, 9.17) is 11.6 Å². The Labute approximate surface area is 118 Å². The lowest BCUT2D eigenvalue weighted by Gasteiger charge is -2.35. The summed E-state index contributed by atoms with van der Waals surface area (Å²) in [6.45, 7) is 2.85. The number of likely N-dealkylation sites (tertiary alicyclic amines) is 1. The molecule has 0 saturated carbocycles. The molecule has 1 aromatic heterocycles. The number of carbonyl (C=O) groups excluding carboxylic acids is 1. The SMILES string of the molecule is O=C(c1cc(Cl)c[nH]1)N1CCCC(C2CCCN2)C1. The molecule has 1 amide bonds. The molecule has 104 valence electrons. The number of amides is 1. The molecule has 0 aliphatic carbocycles. The van der Waals surface area contributed by atoms with Crippen LogP contribution < -0.4 is 5.32 Å². The molecule has 19 heavy (non-hydrogen) atoms. The maximum atomic E-state index is 12.4. The largest absolute Gasteiger partial charge is 0.356 e. The van der Waals surface area contributed by atoms with E-state index in [1.54, 1.807) is 12.3 Å². The highest BCUT2D eigenvalue weighted by atomic mass is 35.5. The molecule has 2 aliphatic heterocycles. The van der Waals surface area contributed by atoms with Gasteiger partial charge in [0.05, 0.1) is 5.02 Å². The Morgan fingerprint density at radius 3 is 2.95 bits per heavy atom. The average molecular weight is 282 g/mol. The van der Waals surface area contributed by atoms with Crippen LogP contribution >= 0.6 is 11.6 Å². The molecule has 2 fully saturated rings. The van der Waals surface area contributed by atoms with Gasteiger partial charge in [0.1, 0.15) is 5.69 Å². The minimum absolute atomic E-state index is 0.0783. The molecular weight excluding hydrogens is 262 g/mol. The Bertz CT molecular complexity index is 453. The maximum Gasteiger partial charge on any atom is 0.270 e. The third-order valence-electron chi connectivity index (χ3n) is 4.29. The van der Waals surface area contributed by atoms with Crippen molar-refractivity contribution in [2.24, 2.45) is 5.92 Å². The van der Waals surface area contributed by atoms with Gasteiger partial charge in [-0.1, -0.05) is 11.6 Å². The van der Waals surface area contributed by atoms with Gasteiger partial charge < -0.3 is 15.2 Å². The van der Waals surface area contributed by atoms with Crippen LogP contribution in [0.5, 0.6) is 0 Å². The van der Waals surface area contributed by atoms with E-state index in [1.807, 2.05) is 4.90 Å². The van der Waals surface area contributed by atoms with Crippen LogP contribution in [0.1, 0.15) is 36.2 Å². The number of aromatic amines is 1. The van der Waals surface area contributed by atoms with Gasteiger partial charge >= 0.3 is 0 Å². The van der Waals surface area contributed by atoms with Gasteiger partial charge in [-0.15, -0.1) is 0 Å². The second kappa shape index (κ2) is 5.55. The average Bonchev–Trinajstić information content (AvgIpc) is 3.09. The lowest BCUT2D eigenvalue weighted by Crippen LogP contribution is -2.45. The molecule has 0 spiro atoms. The number of H-pyrrole nitrogens is 1. The van der Waals surface area contributed by atoms with Crippen LogP contribution in [-0.2, 0) is 0 Å². The molecule has 0 bridgehead atoms. The molecule has 1 aromatic rings. The zero-order chi connectivity index (χ0) is 13.2. The summed E-state index contributed by atoms with van der Waals surface area (Å²) in [5.74, 6) is 0.681. The van der Waals surface area contributed by atoms with Crippen molar-refractivity contribution in [1.29, 1.82) is 0 Å². The van der Waals surface area contributed by atoms with Gasteiger partial charge in [-0.25, -0.2) is 0 Å². The molecule has 5 heteroatoms. The van der Waals surface area contributed by atoms with E-state index < -0.39 is 0 Å². The zero-order valence-corrected chi connectivity index (χ0v) is 11.7. The first kappa shape index (κ1) is 13.0. The number of hydrogen-bond acceptors (Lipinski definition) is 2. The Hall–Kier alpha value is -1.00. The molecule has 4 nitrogen and oxygen atoms in total. The van der Waals surface area contributed by atoms with E-state index in [-0.39, 0.29) is 5.91 Å². The summed E-state index contributed by atoms with van der Waals surface area (Å²) in [7, 11) is 0. The summed E-state index contributed by atoms with van der Waals surface area (Å²) in [6.07, 6.45) is 6.51. The minimum atomic E-state index is 0.0783. The van der Waals surface area contributed by atoms with Crippen molar-refractivity contribution in [2.75, 3.05) is 19.6 Å². The van der Waals surface area contributed by atoms with Crippen LogP contribution in [-0.4, -0.2) is 41.5 Å². The van der Waals surface area contributed by atoms with Gasteiger partial charge in [0.25, 0.3) is 5.91 Å². The first-order valence-electron chi connectivity index (χ1n) is 7.10. The molecule has 3 heterocycles. The van der Waals surface area contributed by atoms with Gasteiger partial charge in [-0.2, -0.15) is 0 Å². The van der Waals surface area contributed by atoms with Gasteiger partial charge in [0.2, 0.25) is 0 Å². The van der Waals surface area contributed by atoms with Gasteiger partial charge in [-0.3, -0.25) is 4.79 Å². The van der Waals surface area contributed by atoms with Crippen LogP contribution in [0.25, 0.3) is 0 Å². The number of nitrogens with zero attached hydrogens (tertiary/aromatic N) is 1. The molecule has 2 N–H and O–H groups in total. The minimum Gasteiger partial charge on any atom is -0.356 e. The van der Waals surface area contributed by atoms with Crippen molar-refractivity contribution in [2.45, 2.75) is 31.7 Å². The fourth-order valence-electron chi connectivity index (χ4n) is 3.30. The van der Waals surface area contributed by atoms with Crippen LogP contribution in [0.4, 0.5) is 0 Å². The summed E-state index contributed by atoms with van der Waals surface area (Å²) < 4.78 is 0. The quantitative estimate of drug-likeness (QED) is 0.874. The lowest BCUT2D eigenvalue weighted by atomic mass is 9.89. The van der Waals surface area contributed by atoms with Crippen molar-refractivity contribution < 1.29 is 4.79 Å². The summed E-state index contributed by atoms with van der Waals surface area (Å²) in [5.41, 5.74) is 0.602. The van der Waals surface area contributed by atoms with Crippen molar-refractivity contribution >= 4 is 17.5 Å². The van der Waals surface area contributed by atoms with Crippen molar-refractivity contribution in [1.82, 2.24) is 15.2 Å². The van der Waals surface area contributed by atoms with Crippen LogP contribution in [0, 0.1) is 5.92 Å². The van der Waals surface area contributed by atoms with Crippen molar-refractivity contribution in [3.8, 4) is 0 Å². The standard InChI is InChI=1S/C14H20ClN3O/c15-11-7-13(17-8-11)14(19)18-6-2-3-10(9-18)12-4-1-5-16-12/h7-8,10,12,16-17H,1-6,9H2. The molecule has 0 aromatic carbocycles. The smallest absolute Gasteiger partial charge is 0.270 e. The first-order valence-corrected chi connectivity index (χ1v) is 7.48. The molecule has 3 rings (SSSR count). The fraction of sp³-hybridized carbons (Fsp3) is 0.643. The van der Waals surface area contributed by atoms with Crippen LogP contribution in [0.3, 0.4) is 0 Å². The topological polar surface area (TPSA) is 48.1 Å². The highest BCUT2D eigenvalue weighted by Crippen LogP contribution is 2.25. The molecule has 2 atom stereocenters. The van der Waals surface area contributed by atoms with E-state index in [0.717, 1.165) is 26.1 Å². The number of nitrogens with one attached hydrogen (secondary N) is 2. The van der Waals surface area contributed by atoms with Crippen molar-refractivity contribution in [3.05, 3.63) is 23.0 Å². The number of hydrogen-bond donors (Lipinski definition) is 2. The molecule has 2 unspecified atom stereocenters. The Morgan fingerprint density at radius 2 is 2.26 bits per heavy atom. The van der Waals surface area contributed by atoms with Crippen LogP contribution in [0.15, 0.2) is 12.3 Å². The zero-order valence-electron chi connectivity index (χ0n) is 11.0. The Balaban J connectivity index is 1.65. The molecular formula is C14H20ClN3O. The number of halogens is 1. The number of aromatic nitrogens is 1. The van der Waals surface area contributed by atoms with E-state index in [9.17, 15) is 4.79 Å². The summed E-state index contributed by atoms with van der Waals surface area (Å²) in [5, 5.41) is 4.15. The van der Waals surface area contributed by atoms with Crippen molar-refractivity contribution in [3.63, 3.8) is 0 Å². The first-order chi connectivity index (χ1) is 9.24. The Morgan fingerprint density at radius 1 is 1.37 bits per heavy atom. The van der Waals surface area contributed by atoms with E-state index in [2.05, 4.69) is 10.3 Å². The highest BCUT2D eigenvalue weighted by molar-refractivity contribution is 6.30. The number of piperidine rings is 1. The maximum absolute atomic E-state index is 12.4. The highest BCUT2D eigenvalue weighted by Gasteiger charge is 2.31.